The van der Waals surface area contributed by atoms with Gasteiger partial charge in [-0.3, -0.25) is 14.4 Å². The van der Waals surface area contributed by atoms with Crippen LogP contribution >= 0.6 is 15.9 Å². The van der Waals surface area contributed by atoms with E-state index in [1.54, 1.807) is 30.3 Å². The van der Waals surface area contributed by atoms with Crippen LogP contribution in [0.3, 0.4) is 0 Å². The van der Waals surface area contributed by atoms with Gasteiger partial charge in [-0.15, -0.1) is 0 Å². The number of hydrogen-bond acceptors (Lipinski definition) is 4. The van der Waals surface area contributed by atoms with Crippen LogP contribution in [0.1, 0.15) is 11.1 Å². The number of nitrogens with two attached hydrogens (primary N) is 1. The fraction of sp³-hybridized carbons (Fsp3) is 0.250. The summed E-state index contributed by atoms with van der Waals surface area (Å²) in [6.07, 6.45) is 0.148. The zero-order valence-corrected chi connectivity index (χ0v) is 17.3. The zero-order valence-electron chi connectivity index (χ0n) is 15.7. The third-order valence-electron chi connectivity index (χ3n) is 3.93. The van der Waals surface area contributed by atoms with E-state index in [2.05, 4.69) is 21.2 Å². The maximum atomic E-state index is 12.2. The first-order valence-corrected chi connectivity index (χ1v) is 9.34. The Morgan fingerprint density at radius 1 is 1.14 bits per heavy atom. The fourth-order valence-electron chi connectivity index (χ4n) is 2.42. The number of nitrogens with one attached hydrogen (secondary N) is 1. The molecule has 2 aromatic carbocycles. The summed E-state index contributed by atoms with van der Waals surface area (Å²) in [6.45, 7) is 1.60. The van der Waals surface area contributed by atoms with Gasteiger partial charge in [-0.25, -0.2) is 0 Å². The average molecular weight is 448 g/mol. The Morgan fingerprint density at radius 3 is 2.43 bits per heavy atom. The lowest BCUT2D eigenvalue weighted by Crippen LogP contribution is -2.37. The number of anilines is 1. The standard InChI is InChI=1S/C20H22BrN3O4/c1-13-9-15(21)5-8-17(13)23-19(26)11-24(2)20(27)12-28-16-6-3-14(4-7-16)10-18(22)25/h3-9H,10-12H2,1-2H3,(H2,22,25)(H,23,26). The average Bonchev–Trinajstić information content (AvgIpc) is 2.62. The number of aryl methyl sites for hydroxylation is 1. The minimum Gasteiger partial charge on any atom is -0.484 e. The molecule has 2 aromatic rings. The van der Waals surface area contributed by atoms with Crippen LogP contribution in [0.15, 0.2) is 46.9 Å². The summed E-state index contributed by atoms with van der Waals surface area (Å²) in [5.74, 6) is -0.548. The van der Waals surface area contributed by atoms with E-state index in [0.717, 1.165) is 15.6 Å². The quantitative estimate of drug-likeness (QED) is 0.647. The van der Waals surface area contributed by atoms with Crippen LogP contribution < -0.4 is 15.8 Å². The summed E-state index contributed by atoms with van der Waals surface area (Å²) in [6, 6.07) is 12.3. The van der Waals surface area contributed by atoms with Gasteiger partial charge in [0.15, 0.2) is 6.61 Å². The van der Waals surface area contributed by atoms with Gasteiger partial charge in [0.25, 0.3) is 5.91 Å². The summed E-state index contributed by atoms with van der Waals surface area (Å²) in [5, 5.41) is 2.79. The lowest BCUT2D eigenvalue weighted by molar-refractivity contribution is -0.135. The molecule has 0 bridgehead atoms. The van der Waals surface area contributed by atoms with Crippen LogP contribution in [0.4, 0.5) is 5.69 Å². The Morgan fingerprint density at radius 2 is 1.82 bits per heavy atom. The van der Waals surface area contributed by atoms with Gasteiger partial charge < -0.3 is 20.7 Å². The minimum atomic E-state index is -0.415. The maximum absolute atomic E-state index is 12.2. The van der Waals surface area contributed by atoms with E-state index in [1.807, 2.05) is 19.1 Å². The molecule has 0 atom stereocenters. The second kappa shape index (κ2) is 9.89. The first-order chi connectivity index (χ1) is 13.2. The molecule has 0 aromatic heterocycles. The van der Waals surface area contributed by atoms with E-state index in [9.17, 15) is 14.4 Å². The fourth-order valence-corrected chi connectivity index (χ4v) is 2.90. The van der Waals surface area contributed by atoms with E-state index in [4.69, 9.17) is 10.5 Å². The summed E-state index contributed by atoms with van der Waals surface area (Å²) in [5.41, 5.74) is 7.52. The number of ether oxygens (including phenoxy) is 1. The molecule has 28 heavy (non-hydrogen) atoms. The number of amides is 3. The highest BCUT2D eigenvalue weighted by Gasteiger charge is 2.14. The van der Waals surface area contributed by atoms with Gasteiger partial charge in [0, 0.05) is 17.2 Å². The monoisotopic (exact) mass is 447 g/mol. The normalized spacial score (nSPS) is 10.2. The number of hydrogen-bond donors (Lipinski definition) is 2. The molecule has 0 unspecified atom stereocenters. The Kier molecular flexibility index (Phi) is 7.57. The van der Waals surface area contributed by atoms with E-state index >= 15 is 0 Å². The van der Waals surface area contributed by atoms with Crippen molar-refractivity contribution in [3.05, 3.63) is 58.1 Å². The highest BCUT2D eigenvalue weighted by Crippen LogP contribution is 2.20. The molecule has 2 rings (SSSR count). The first-order valence-electron chi connectivity index (χ1n) is 8.54. The second-order valence-electron chi connectivity index (χ2n) is 6.33. The topological polar surface area (TPSA) is 102 Å². The van der Waals surface area contributed by atoms with Crippen LogP contribution in [-0.2, 0) is 20.8 Å². The Hall–Kier alpha value is -2.87. The van der Waals surface area contributed by atoms with Crippen LogP contribution in [-0.4, -0.2) is 42.8 Å². The number of primary amides is 1. The third kappa shape index (κ3) is 6.70. The molecule has 0 aliphatic rings. The van der Waals surface area contributed by atoms with E-state index in [-0.39, 0.29) is 31.4 Å². The van der Waals surface area contributed by atoms with Gasteiger partial charge in [0.05, 0.1) is 13.0 Å². The number of halogens is 1. The third-order valence-corrected chi connectivity index (χ3v) is 4.43. The molecule has 0 saturated heterocycles. The number of carbonyl (C=O) groups excluding carboxylic acids is 3. The van der Waals surface area contributed by atoms with Gasteiger partial charge in [0.2, 0.25) is 11.8 Å². The highest BCUT2D eigenvalue weighted by molar-refractivity contribution is 9.10. The smallest absolute Gasteiger partial charge is 0.260 e. The van der Waals surface area contributed by atoms with Crippen molar-refractivity contribution in [2.75, 3.05) is 25.5 Å². The SMILES string of the molecule is Cc1cc(Br)ccc1NC(=O)CN(C)C(=O)COc1ccc(CC(N)=O)cc1. The Balaban J connectivity index is 1.81. The number of nitrogens with zero attached hydrogens (tertiary/aromatic N) is 1. The van der Waals surface area contributed by atoms with Gasteiger partial charge >= 0.3 is 0 Å². The van der Waals surface area contributed by atoms with Gasteiger partial charge in [-0.1, -0.05) is 28.1 Å². The number of benzene rings is 2. The van der Waals surface area contributed by atoms with Crippen molar-refractivity contribution in [2.45, 2.75) is 13.3 Å². The predicted octanol–water partition coefficient (Wildman–Crippen LogP) is 2.26. The molecule has 3 amide bonds. The van der Waals surface area contributed by atoms with E-state index < -0.39 is 5.91 Å². The van der Waals surface area contributed by atoms with Crippen LogP contribution in [0, 0.1) is 6.92 Å². The lowest BCUT2D eigenvalue weighted by Gasteiger charge is -2.18. The zero-order chi connectivity index (χ0) is 20.7. The molecule has 0 fully saturated rings. The molecule has 0 heterocycles. The maximum Gasteiger partial charge on any atom is 0.260 e. The molecule has 8 heteroatoms. The molecule has 0 saturated carbocycles. The Labute approximate surface area is 172 Å². The molecular weight excluding hydrogens is 426 g/mol. The van der Waals surface area contributed by atoms with Crippen molar-refractivity contribution < 1.29 is 19.1 Å². The van der Waals surface area contributed by atoms with Crippen LogP contribution in [0.2, 0.25) is 0 Å². The summed E-state index contributed by atoms with van der Waals surface area (Å²) in [4.78, 5) is 36.5. The van der Waals surface area contributed by atoms with E-state index in [0.29, 0.717) is 11.4 Å². The Bertz CT molecular complexity index is 868. The summed E-state index contributed by atoms with van der Waals surface area (Å²) in [7, 11) is 1.54. The van der Waals surface area contributed by atoms with Gasteiger partial charge in [-0.05, 0) is 48.4 Å². The van der Waals surface area contributed by atoms with E-state index in [1.165, 1.54) is 11.9 Å². The van der Waals surface area contributed by atoms with Crippen molar-refractivity contribution in [2.24, 2.45) is 5.73 Å². The number of rotatable bonds is 8. The van der Waals surface area contributed by atoms with Crippen molar-refractivity contribution in [3.8, 4) is 5.75 Å². The first kappa shape index (κ1) is 21.4. The lowest BCUT2D eigenvalue weighted by atomic mass is 10.1. The largest absolute Gasteiger partial charge is 0.484 e. The van der Waals surface area contributed by atoms with Crippen molar-refractivity contribution in [1.82, 2.24) is 4.90 Å². The predicted molar refractivity (Wildman–Crippen MR) is 110 cm³/mol. The van der Waals surface area contributed by atoms with Crippen LogP contribution in [0.5, 0.6) is 5.75 Å². The molecular formula is C20H22BrN3O4. The highest BCUT2D eigenvalue weighted by atomic mass is 79.9. The van der Waals surface area contributed by atoms with Crippen molar-refractivity contribution in [3.63, 3.8) is 0 Å². The number of likely N-dealkylation sites (N-methyl/N-ethyl adjacent to an activating group) is 1. The van der Waals surface area contributed by atoms with Gasteiger partial charge in [-0.2, -0.15) is 0 Å². The minimum absolute atomic E-state index is 0.0880. The number of carbonyl (C=O) groups is 3. The molecule has 0 spiro atoms. The van der Waals surface area contributed by atoms with Crippen molar-refractivity contribution >= 4 is 39.3 Å². The molecule has 0 aliphatic carbocycles. The van der Waals surface area contributed by atoms with Gasteiger partial charge in [0.1, 0.15) is 5.75 Å². The summed E-state index contributed by atoms with van der Waals surface area (Å²) < 4.78 is 6.36. The van der Waals surface area contributed by atoms with Crippen molar-refractivity contribution in [1.29, 1.82) is 0 Å². The molecule has 148 valence electrons. The summed E-state index contributed by atoms with van der Waals surface area (Å²) >= 11 is 3.37. The second-order valence-corrected chi connectivity index (χ2v) is 7.25. The molecule has 7 nitrogen and oxygen atoms in total. The molecule has 0 aliphatic heterocycles. The van der Waals surface area contributed by atoms with Crippen LogP contribution in [0.25, 0.3) is 0 Å². The molecule has 0 radical (unpaired) electrons. The molecule has 3 N–H and O–H groups in total.